The van der Waals surface area contributed by atoms with Gasteiger partial charge in [-0.2, -0.15) is 0 Å². The molecule has 2 aliphatic rings. The van der Waals surface area contributed by atoms with Crippen LogP contribution in [-0.2, 0) is 0 Å². The molecule has 2 nitrogen and oxygen atoms in total. The number of hydrogen-bond acceptors (Lipinski definition) is 2. The number of aromatic hydroxyl groups is 1. The lowest BCUT2D eigenvalue weighted by molar-refractivity contribution is 0.159. The molecule has 0 radical (unpaired) electrons. The van der Waals surface area contributed by atoms with Crippen LogP contribution in [0.2, 0.25) is 0 Å². The first-order valence-electron chi connectivity index (χ1n) is 4.78. The Morgan fingerprint density at radius 2 is 1.77 bits per heavy atom. The molecular weight excluding hydrogens is 164 g/mol. The summed E-state index contributed by atoms with van der Waals surface area (Å²) in [6.45, 7) is 0. The van der Waals surface area contributed by atoms with Crippen LogP contribution < -0.4 is 0 Å². The quantitative estimate of drug-likeness (QED) is 0.632. The van der Waals surface area contributed by atoms with Gasteiger partial charge in [-0.1, -0.05) is 6.07 Å². The molecule has 13 heavy (non-hydrogen) atoms. The molecule has 3 rings (SSSR count). The number of aliphatic hydroxyl groups is 1. The van der Waals surface area contributed by atoms with E-state index in [9.17, 15) is 10.2 Å². The summed E-state index contributed by atoms with van der Waals surface area (Å²) in [6.07, 6.45) is 1.98. The average molecular weight is 176 g/mol. The molecule has 2 bridgehead atoms. The first-order chi connectivity index (χ1) is 6.27. The number of hydrogen-bond donors (Lipinski definition) is 2. The molecule has 2 aliphatic carbocycles. The second-order valence-corrected chi connectivity index (χ2v) is 4.09. The third-order valence-electron chi connectivity index (χ3n) is 3.48. The molecule has 0 aliphatic heterocycles. The standard InChI is InChI=1S/C11H12O2/c12-6-1-2-7-8-3-4-9(11(8)13)10(7)5-6/h1-2,5,8-9,11-13H,3-4H2. The lowest BCUT2D eigenvalue weighted by Crippen LogP contribution is -2.08. The van der Waals surface area contributed by atoms with Crippen LogP contribution in [0.4, 0.5) is 0 Å². The van der Waals surface area contributed by atoms with Crippen LogP contribution in [0, 0.1) is 0 Å². The van der Waals surface area contributed by atoms with E-state index in [-0.39, 0.29) is 12.0 Å². The summed E-state index contributed by atoms with van der Waals surface area (Å²) in [5, 5.41) is 19.2. The van der Waals surface area contributed by atoms with Gasteiger partial charge in [0.2, 0.25) is 0 Å². The molecule has 3 atom stereocenters. The third kappa shape index (κ3) is 0.814. The highest BCUT2D eigenvalue weighted by Gasteiger charge is 2.44. The fraction of sp³-hybridized carbons (Fsp3) is 0.455. The van der Waals surface area contributed by atoms with E-state index in [2.05, 4.69) is 0 Å². The van der Waals surface area contributed by atoms with Crippen LogP contribution in [0.1, 0.15) is 35.8 Å². The summed E-state index contributed by atoms with van der Waals surface area (Å²) < 4.78 is 0. The van der Waals surface area contributed by atoms with Crippen molar-refractivity contribution in [2.24, 2.45) is 0 Å². The summed E-state index contributed by atoms with van der Waals surface area (Å²) in [7, 11) is 0. The second-order valence-electron chi connectivity index (χ2n) is 4.09. The minimum absolute atomic E-state index is 0.197. The van der Waals surface area contributed by atoms with Crippen molar-refractivity contribution in [3.05, 3.63) is 29.3 Å². The summed E-state index contributed by atoms with van der Waals surface area (Å²) >= 11 is 0. The predicted molar refractivity (Wildman–Crippen MR) is 48.8 cm³/mol. The van der Waals surface area contributed by atoms with Crippen molar-refractivity contribution in [2.45, 2.75) is 30.8 Å². The van der Waals surface area contributed by atoms with Gasteiger partial charge in [0.05, 0.1) is 6.10 Å². The highest BCUT2D eigenvalue weighted by Crippen LogP contribution is 2.53. The molecule has 0 aromatic heterocycles. The Balaban J connectivity index is 2.19. The molecule has 1 aromatic rings. The van der Waals surface area contributed by atoms with Crippen molar-refractivity contribution in [1.82, 2.24) is 0 Å². The number of phenols is 1. The van der Waals surface area contributed by atoms with Crippen LogP contribution in [0.15, 0.2) is 18.2 Å². The third-order valence-corrected chi connectivity index (χ3v) is 3.48. The fourth-order valence-electron chi connectivity index (χ4n) is 2.88. The second kappa shape index (κ2) is 2.26. The summed E-state index contributed by atoms with van der Waals surface area (Å²) in [4.78, 5) is 0. The Morgan fingerprint density at radius 3 is 2.54 bits per heavy atom. The van der Waals surface area contributed by atoms with E-state index < -0.39 is 0 Å². The molecule has 1 saturated carbocycles. The number of benzene rings is 1. The van der Waals surface area contributed by atoms with Crippen molar-refractivity contribution in [1.29, 1.82) is 0 Å². The molecule has 1 aromatic carbocycles. The number of rotatable bonds is 0. The maximum atomic E-state index is 9.86. The van der Waals surface area contributed by atoms with E-state index in [1.165, 1.54) is 11.1 Å². The van der Waals surface area contributed by atoms with E-state index in [1.807, 2.05) is 12.1 Å². The molecular formula is C11H12O2. The molecule has 0 saturated heterocycles. The van der Waals surface area contributed by atoms with Crippen LogP contribution in [-0.4, -0.2) is 16.3 Å². The lowest BCUT2D eigenvalue weighted by atomic mass is 9.92. The van der Waals surface area contributed by atoms with Gasteiger partial charge in [0, 0.05) is 11.8 Å². The molecule has 0 heterocycles. The van der Waals surface area contributed by atoms with E-state index >= 15 is 0 Å². The Morgan fingerprint density at radius 1 is 1.08 bits per heavy atom. The molecule has 0 spiro atoms. The molecule has 1 fully saturated rings. The molecule has 2 N–H and O–H groups in total. The van der Waals surface area contributed by atoms with Crippen LogP contribution in [0.5, 0.6) is 5.75 Å². The van der Waals surface area contributed by atoms with Crippen molar-refractivity contribution >= 4 is 0 Å². The Bertz CT molecular complexity index is 359. The number of aliphatic hydroxyl groups excluding tert-OH is 1. The van der Waals surface area contributed by atoms with E-state index in [1.54, 1.807) is 6.07 Å². The topological polar surface area (TPSA) is 40.5 Å². The zero-order valence-electron chi connectivity index (χ0n) is 7.27. The maximum absolute atomic E-state index is 9.86. The number of fused-ring (bicyclic) bond motifs is 5. The lowest BCUT2D eigenvalue weighted by Gasteiger charge is -2.13. The van der Waals surface area contributed by atoms with Gasteiger partial charge in [-0.05, 0) is 36.1 Å². The largest absolute Gasteiger partial charge is 0.508 e. The first kappa shape index (κ1) is 7.39. The fourth-order valence-corrected chi connectivity index (χ4v) is 2.88. The Labute approximate surface area is 76.8 Å². The predicted octanol–water partition coefficient (Wildman–Crippen LogP) is 1.73. The summed E-state index contributed by atoms with van der Waals surface area (Å²) in [6, 6.07) is 5.48. The molecule has 3 unspecified atom stereocenters. The highest BCUT2D eigenvalue weighted by atomic mass is 16.3. The number of phenolic OH excluding ortho intramolecular Hbond substituents is 1. The van der Waals surface area contributed by atoms with Crippen molar-refractivity contribution in [2.75, 3.05) is 0 Å². The van der Waals surface area contributed by atoms with Gasteiger partial charge in [0.25, 0.3) is 0 Å². The van der Waals surface area contributed by atoms with Gasteiger partial charge in [0.1, 0.15) is 5.75 Å². The molecule has 0 amide bonds. The van der Waals surface area contributed by atoms with Crippen LogP contribution >= 0.6 is 0 Å². The summed E-state index contributed by atoms with van der Waals surface area (Å²) in [5.41, 5.74) is 2.42. The zero-order valence-corrected chi connectivity index (χ0v) is 7.27. The van der Waals surface area contributed by atoms with Gasteiger partial charge < -0.3 is 10.2 Å². The van der Waals surface area contributed by atoms with Gasteiger partial charge in [-0.3, -0.25) is 0 Å². The van der Waals surface area contributed by atoms with Gasteiger partial charge in [0.15, 0.2) is 0 Å². The smallest absolute Gasteiger partial charge is 0.115 e. The summed E-state index contributed by atoms with van der Waals surface area (Å²) in [5.74, 6) is 0.936. The van der Waals surface area contributed by atoms with Crippen LogP contribution in [0.3, 0.4) is 0 Å². The van der Waals surface area contributed by atoms with Gasteiger partial charge in [-0.15, -0.1) is 0 Å². The van der Waals surface area contributed by atoms with Gasteiger partial charge >= 0.3 is 0 Å². The average Bonchev–Trinajstić information content (AvgIpc) is 2.59. The van der Waals surface area contributed by atoms with Crippen molar-refractivity contribution in [3.8, 4) is 5.75 Å². The molecule has 2 heteroatoms. The van der Waals surface area contributed by atoms with E-state index in [4.69, 9.17) is 0 Å². The zero-order chi connectivity index (χ0) is 9.00. The van der Waals surface area contributed by atoms with E-state index in [0.717, 1.165) is 12.8 Å². The molecule has 68 valence electrons. The SMILES string of the molecule is Oc1ccc2c(c1)C1CCC2C1O. The van der Waals surface area contributed by atoms with Crippen molar-refractivity contribution < 1.29 is 10.2 Å². The maximum Gasteiger partial charge on any atom is 0.115 e. The van der Waals surface area contributed by atoms with Crippen molar-refractivity contribution in [3.63, 3.8) is 0 Å². The Hall–Kier alpha value is -1.02. The first-order valence-corrected chi connectivity index (χ1v) is 4.78. The van der Waals surface area contributed by atoms with Crippen LogP contribution in [0.25, 0.3) is 0 Å². The van der Waals surface area contributed by atoms with E-state index in [0.29, 0.717) is 11.7 Å². The van der Waals surface area contributed by atoms with Gasteiger partial charge in [-0.25, -0.2) is 0 Å². The highest BCUT2D eigenvalue weighted by molar-refractivity contribution is 5.47. The Kier molecular flexibility index (Phi) is 1.29. The minimum Gasteiger partial charge on any atom is -0.508 e. The monoisotopic (exact) mass is 176 g/mol. The normalized spacial score (nSPS) is 35.0. The minimum atomic E-state index is -0.197.